The summed E-state index contributed by atoms with van der Waals surface area (Å²) in [6.45, 7) is 8.63. The molecule has 1 N–H and O–H groups in total. The van der Waals surface area contributed by atoms with Crippen LogP contribution in [0.2, 0.25) is 0 Å². The van der Waals surface area contributed by atoms with E-state index in [0.29, 0.717) is 22.4 Å². The summed E-state index contributed by atoms with van der Waals surface area (Å²) >= 11 is 4.80. The monoisotopic (exact) mass is 724 g/mol. The third kappa shape index (κ3) is 12.7. The van der Waals surface area contributed by atoms with Gasteiger partial charge < -0.3 is 4.89 Å². The molecule has 0 atom stereocenters. The van der Waals surface area contributed by atoms with Crippen molar-refractivity contribution in [2.75, 3.05) is 12.3 Å². The molecule has 128 valence electrons. The molecular weight excluding hydrogens is 697 g/mol. The van der Waals surface area contributed by atoms with Crippen LogP contribution in [-0.2, 0) is 10.5 Å². The first-order chi connectivity index (χ1) is 10.4. The molecule has 0 amide bonds. The van der Waals surface area contributed by atoms with E-state index in [2.05, 4.69) is 109 Å². The van der Waals surface area contributed by atoms with Gasteiger partial charge in [0.25, 0.3) is 0 Å². The van der Waals surface area contributed by atoms with Crippen LogP contribution in [-0.4, -0.2) is 17.2 Å². The molecule has 0 saturated carbocycles. The van der Waals surface area contributed by atoms with Gasteiger partial charge in [0.2, 0.25) is 0 Å². The van der Waals surface area contributed by atoms with Crippen molar-refractivity contribution in [3.05, 3.63) is 42.5 Å². The number of fused-ring (bicyclic) bond motifs is 1. The number of rotatable bonds is 4. The van der Waals surface area contributed by atoms with Gasteiger partial charge in [0.05, 0.1) is 0 Å². The molecule has 0 aromatic heterocycles. The Hall–Kier alpha value is 1.33. The van der Waals surface area contributed by atoms with Crippen LogP contribution in [0.4, 0.5) is 0 Å². The quantitative estimate of drug-likeness (QED) is 0.205. The third-order valence-corrected chi connectivity index (χ3v) is 5.00. The predicted molar refractivity (Wildman–Crippen MR) is 116 cm³/mol. The van der Waals surface area contributed by atoms with Crippen molar-refractivity contribution in [2.45, 2.75) is 27.7 Å². The molecule has 0 aliphatic heterocycles. The normalized spacial score (nSPS) is 10.6. The van der Waals surface area contributed by atoms with Gasteiger partial charge in [-0.1, -0.05) is 33.8 Å². The van der Waals surface area contributed by atoms with Gasteiger partial charge in [-0.15, -0.1) is 29.7 Å². The second-order valence-electron chi connectivity index (χ2n) is 5.86. The van der Waals surface area contributed by atoms with Crippen LogP contribution >= 0.6 is 47.3 Å². The van der Waals surface area contributed by atoms with Gasteiger partial charge in [-0.2, -0.15) is 17.5 Å². The van der Waals surface area contributed by atoms with Crippen LogP contribution in [0.1, 0.15) is 27.7 Å². The Bertz CT molecular complexity index is 448. The van der Waals surface area contributed by atoms with Crippen molar-refractivity contribution in [3.63, 3.8) is 0 Å². The Balaban J connectivity index is 0.000000341. The van der Waals surface area contributed by atoms with E-state index in [-0.39, 0.29) is 0 Å². The van der Waals surface area contributed by atoms with Gasteiger partial charge >= 0.3 is 49.7 Å². The minimum atomic E-state index is -0.659. The summed E-state index contributed by atoms with van der Waals surface area (Å²) in [7, 11) is -0.219. The van der Waals surface area contributed by atoms with Gasteiger partial charge in [-0.05, 0) is 24.2 Å². The fraction of sp³-hybridized carbons (Fsp3) is 0.471. The van der Waals surface area contributed by atoms with E-state index in [0.717, 1.165) is 12.3 Å². The number of hydrogen-bond acceptors (Lipinski definition) is 1. The Morgan fingerprint density at radius 3 is 2.00 bits per heavy atom. The molecular formula is C17H26I2IrOP. The maximum Gasteiger partial charge on any atom is -0.0809 e. The third-order valence-electron chi connectivity index (χ3n) is 2.70. The van der Waals surface area contributed by atoms with Crippen LogP contribution in [0.15, 0.2) is 42.5 Å². The SMILES string of the molecule is CC(C)CP(O)CC(C)C.[I][Ir+][I].c1ccc2[cH-]ccc2c1. The smallest absolute Gasteiger partial charge is 0.0809 e. The first kappa shape index (κ1) is 23.3. The predicted octanol–water partition coefficient (Wildman–Crippen LogP) is 7.02. The molecule has 0 aliphatic rings. The van der Waals surface area contributed by atoms with Crippen molar-refractivity contribution in [1.29, 1.82) is 0 Å². The molecule has 0 fully saturated rings. The van der Waals surface area contributed by atoms with Gasteiger partial charge in [0.1, 0.15) is 0 Å². The van der Waals surface area contributed by atoms with E-state index in [1.165, 1.54) is 10.8 Å². The maximum absolute atomic E-state index is 9.45. The van der Waals surface area contributed by atoms with Crippen molar-refractivity contribution in [3.8, 4) is 0 Å². The van der Waals surface area contributed by atoms with Crippen LogP contribution in [0, 0.1) is 11.8 Å². The van der Waals surface area contributed by atoms with Crippen molar-refractivity contribution < 1.29 is 15.4 Å². The number of halogens is 2. The minimum Gasteiger partial charge on any atom is -0.168 e. The maximum atomic E-state index is 9.45. The van der Waals surface area contributed by atoms with Gasteiger partial charge in [0, 0.05) is 8.15 Å². The second-order valence-corrected chi connectivity index (χ2v) is 25.1. The molecule has 1 nitrogen and oxygen atoms in total. The second kappa shape index (κ2) is 14.7. The summed E-state index contributed by atoms with van der Waals surface area (Å²) in [4.78, 5) is 9.45. The molecule has 0 aliphatic carbocycles. The van der Waals surface area contributed by atoms with Crippen molar-refractivity contribution in [1.82, 2.24) is 0 Å². The molecule has 2 aromatic carbocycles. The van der Waals surface area contributed by atoms with E-state index in [9.17, 15) is 4.89 Å². The fourth-order valence-corrected chi connectivity index (χ4v) is 3.82. The van der Waals surface area contributed by atoms with Crippen LogP contribution in [0.25, 0.3) is 10.8 Å². The minimum absolute atomic E-state index is 0.440. The van der Waals surface area contributed by atoms with E-state index < -0.39 is 8.15 Å². The van der Waals surface area contributed by atoms with E-state index in [4.69, 9.17) is 0 Å². The summed E-state index contributed by atoms with van der Waals surface area (Å²) < 4.78 is 0. The Morgan fingerprint density at radius 1 is 1.05 bits per heavy atom. The van der Waals surface area contributed by atoms with Crippen molar-refractivity contribution in [2.24, 2.45) is 11.8 Å². The molecule has 0 saturated heterocycles. The Kier molecular flexibility index (Phi) is 15.5. The van der Waals surface area contributed by atoms with Crippen molar-refractivity contribution >= 4 is 58.1 Å². The number of benzene rings is 1. The molecule has 2 rings (SSSR count). The van der Waals surface area contributed by atoms with E-state index in [1.54, 1.807) is 0 Å². The summed E-state index contributed by atoms with van der Waals surface area (Å²) in [6, 6.07) is 14.7. The van der Waals surface area contributed by atoms with Crippen LogP contribution in [0.5, 0.6) is 0 Å². The van der Waals surface area contributed by atoms with Gasteiger partial charge in [-0.3, -0.25) is 0 Å². The van der Waals surface area contributed by atoms with E-state index in [1.807, 2.05) is 0 Å². The van der Waals surface area contributed by atoms with Gasteiger partial charge in [0.15, 0.2) is 0 Å². The first-order valence-electron chi connectivity index (χ1n) is 7.28. The standard InChI is InChI=1S/C9H7.C8H19OP.2HI.Ir/c1-2-5-9-7-3-6-8(9)4-1;1-7(2)5-10(9)6-8(3)4;;;/h1-7H;7-9H,5-6H2,1-4H3;2*1H;/q-1;;;;+3/p-2. The average Bonchev–Trinajstić information content (AvgIpc) is 2.86. The molecule has 0 spiro atoms. The Morgan fingerprint density at radius 2 is 1.55 bits per heavy atom. The van der Waals surface area contributed by atoms with Crippen LogP contribution < -0.4 is 0 Å². The topological polar surface area (TPSA) is 20.2 Å². The molecule has 0 heterocycles. The molecule has 0 unspecified atom stereocenters. The first-order valence-corrected chi connectivity index (χ1v) is 22.5. The summed E-state index contributed by atoms with van der Waals surface area (Å²) in [5.41, 5.74) is 0. The molecule has 5 heteroatoms. The molecule has 2 aromatic rings. The summed E-state index contributed by atoms with van der Waals surface area (Å²) in [5, 5.41) is 2.66. The van der Waals surface area contributed by atoms with Crippen LogP contribution in [0.3, 0.4) is 0 Å². The Labute approximate surface area is 166 Å². The summed E-state index contributed by atoms with van der Waals surface area (Å²) in [5.74, 6) is 1.30. The van der Waals surface area contributed by atoms with E-state index >= 15 is 0 Å². The average molecular weight is 723 g/mol. The zero-order valence-electron chi connectivity index (χ0n) is 13.6. The zero-order valence-corrected chi connectivity index (χ0v) is 21.2. The molecule has 0 radical (unpaired) electrons. The zero-order chi connectivity index (χ0) is 17.0. The molecule has 0 bridgehead atoms. The fourth-order valence-electron chi connectivity index (χ4n) is 1.99. The largest absolute Gasteiger partial charge is 0.168 e. The van der Waals surface area contributed by atoms with Gasteiger partial charge in [-0.25, -0.2) is 0 Å². The summed E-state index contributed by atoms with van der Waals surface area (Å²) in [6.07, 6.45) is 2.01. The molecule has 22 heavy (non-hydrogen) atoms. The number of hydrogen-bond donors (Lipinski definition) is 1.